The van der Waals surface area contributed by atoms with Crippen molar-refractivity contribution in [1.29, 1.82) is 0 Å². The monoisotopic (exact) mass is 197 g/mol. The van der Waals surface area contributed by atoms with Crippen LogP contribution in [0.3, 0.4) is 0 Å². The highest BCUT2D eigenvalue weighted by Crippen LogP contribution is 2.13. The molecule has 3 nitrogen and oxygen atoms in total. The highest BCUT2D eigenvalue weighted by Gasteiger charge is 2.03. The first-order chi connectivity index (χ1) is 6.61. The van der Waals surface area contributed by atoms with Crippen molar-refractivity contribution >= 4 is 11.8 Å². The molecule has 1 rings (SSSR count). The zero-order valence-corrected chi connectivity index (χ0v) is 8.13. The number of hydrogen-bond donors (Lipinski definition) is 1. The van der Waals surface area contributed by atoms with Crippen molar-refractivity contribution in [2.24, 2.45) is 0 Å². The molecule has 0 saturated heterocycles. The lowest BCUT2D eigenvalue weighted by atomic mass is 10.2. The predicted octanol–water partition coefficient (Wildman–Crippen LogP) is 2.70. The van der Waals surface area contributed by atoms with E-state index >= 15 is 0 Å². The Bertz CT molecular complexity index is 319. The molecule has 1 amide bonds. The fourth-order valence-corrected chi connectivity index (χ4v) is 1.09. The molecule has 0 aliphatic carbocycles. The van der Waals surface area contributed by atoms with Crippen LogP contribution in [0, 0.1) is 12.7 Å². The minimum atomic E-state index is -0.572. The summed E-state index contributed by atoms with van der Waals surface area (Å²) in [4.78, 5) is 11.0. The highest BCUT2D eigenvalue weighted by atomic mass is 19.1. The molecule has 0 bridgehead atoms. The molecule has 14 heavy (non-hydrogen) atoms. The first kappa shape index (κ1) is 10.5. The average molecular weight is 197 g/mol. The lowest BCUT2D eigenvalue weighted by molar-refractivity contribution is 0.168. The minimum absolute atomic E-state index is 0.292. The van der Waals surface area contributed by atoms with E-state index in [0.29, 0.717) is 12.3 Å². The van der Waals surface area contributed by atoms with Gasteiger partial charge in [0.25, 0.3) is 0 Å². The Hall–Kier alpha value is -1.58. The largest absolute Gasteiger partial charge is 0.450 e. The van der Waals surface area contributed by atoms with E-state index in [0.717, 1.165) is 5.56 Å². The van der Waals surface area contributed by atoms with Gasteiger partial charge in [0.2, 0.25) is 0 Å². The summed E-state index contributed by atoms with van der Waals surface area (Å²) in [5.74, 6) is -0.378. The Morgan fingerprint density at radius 2 is 2.21 bits per heavy atom. The average Bonchev–Trinajstić information content (AvgIpc) is 2.01. The molecule has 0 aliphatic heterocycles. The molecule has 0 fully saturated rings. The SMILES string of the molecule is CCOC(=O)Nc1cc(C)cc(F)c1. The topological polar surface area (TPSA) is 38.3 Å². The van der Waals surface area contributed by atoms with Gasteiger partial charge in [0.05, 0.1) is 6.61 Å². The zero-order chi connectivity index (χ0) is 10.6. The second kappa shape index (κ2) is 4.60. The predicted molar refractivity (Wildman–Crippen MR) is 51.8 cm³/mol. The number of halogens is 1. The van der Waals surface area contributed by atoms with Gasteiger partial charge in [0.1, 0.15) is 5.82 Å². The number of hydrogen-bond acceptors (Lipinski definition) is 2. The van der Waals surface area contributed by atoms with E-state index in [-0.39, 0.29) is 5.82 Å². The quantitative estimate of drug-likeness (QED) is 0.791. The third kappa shape index (κ3) is 3.05. The normalized spacial score (nSPS) is 9.64. The number of benzene rings is 1. The van der Waals surface area contributed by atoms with E-state index in [2.05, 4.69) is 10.1 Å². The third-order valence-corrected chi connectivity index (χ3v) is 1.56. The van der Waals surface area contributed by atoms with Crippen LogP contribution in [0.4, 0.5) is 14.9 Å². The Morgan fingerprint density at radius 1 is 1.50 bits per heavy atom. The first-order valence-corrected chi connectivity index (χ1v) is 4.33. The number of amides is 1. The van der Waals surface area contributed by atoms with Crippen molar-refractivity contribution in [2.75, 3.05) is 11.9 Å². The van der Waals surface area contributed by atoms with Crippen molar-refractivity contribution in [3.05, 3.63) is 29.6 Å². The molecule has 0 heterocycles. The van der Waals surface area contributed by atoms with Crippen LogP contribution in [0.5, 0.6) is 0 Å². The maximum absolute atomic E-state index is 12.9. The Balaban J connectivity index is 2.71. The first-order valence-electron chi connectivity index (χ1n) is 4.33. The fourth-order valence-electron chi connectivity index (χ4n) is 1.09. The lowest BCUT2D eigenvalue weighted by Gasteiger charge is -2.05. The molecule has 4 heteroatoms. The van der Waals surface area contributed by atoms with E-state index in [4.69, 9.17) is 0 Å². The molecule has 0 aliphatic rings. The van der Waals surface area contributed by atoms with Crippen molar-refractivity contribution in [3.8, 4) is 0 Å². The summed E-state index contributed by atoms with van der Waals surface area (Å²) in [6, 6.07) is 4.29. The maximum atomic E-state index is 12.9. The Morgan fingerprint density at radius 3 is 2.79 bits per heavy atom. The number of aryl methyl sites for hydroxylation is 1. The third-order valence-electron chi connectivity index (χ3n) is 1.56. The van der Waals surface area contributed by atoms with Crippen molar-refractivity contribution in [2.45, 2.75) is 13.8 Å². The van der Waals surface area contributed by atoms with Gasteiger partial charge in [-0.3, -0.25) is 5.32 Å². The van der Waals surface area contributed by atoms with Crippen molar-refractivity contribution in [1.82, 2.24) is 0 Å². The smallest absolute Gasteiger partial charge is 0.411 e. The standard InChI is InChI=1S/C10H12FNO2/c1-3-14-10(13)12-9-5-7(2)4-8(11)6-9/h4-6H,3H2,1-2H3,(H,12,13). The van der Waals surface area contributed by atoms with E-state index < -0.39 is 6.09 Å². The van der Waals surface area contributed by atoms with Crippen LogP contribution in [-0.2, 0) is 4.74 Å². The van der Waals surface area contributed by atoms with Crippen LogP contribution < -0.4 is 5.32 Å². The summed E-state index contributed by atoms with van der Waals surface area (Å²) in [7, 11) is 0. The second-order valence-electron chi connectivity index (χ2n) is 2.86. The molecular formula is C10H12FNO2. The van der Waals surface area contributed by atoms with Crippen molar-refractivity contribution < 1.29 is 13.9 Å². The molecule has 0 saturated carbocycles. The molecule has 0 atom stereocenters. The summed E-state index contributed by atoms with van der Waals surface area (Å²) in [6.45, 7) is 3.75. The van der Waals surface area contributed by atoms with E-state index in [1.54, 1.807) is 19.9 Å². The van der Waals surface area contributed by atoms with Crippen LogP contribution in [0.15, 0.2) is 18.2 Å². The number of nitrogens with one attached hydrogen (secondary N) is 1. The fraction of sp³-hybridized carbons (Fsp3) is 0.300. The zero-order valence-electron chi connectivity index (χ0n) is 8.13. The number of ether oxygens (including phenoxy) is 1. The summed E-state index contributed by atoms with van der Waals surface area (Å²) < 4.78 is 17.5. The Kier molecular flexibility index (Phi) is 3.45. The van der Waals surface area contributed by atoms with Crippen LogP contribution >= 0.6 is 0 Å². The maximum Gasteiger partial charge on any atom is 0.411 e. The molecular weight excluding hydrogens is 185 g/mol. The molecule has 0 radical (unpaired) electrons. The molecule has 1 aromatic carbocycles. The van der Waals surface area contributed by atoms with E-state index in [9.17, 15) is 9.18 Å². The lowest BCUT2D eigenvalue weighted by Crippen LogP contribution is -2.13. The van der Waals surface area contributed by atoms with Gasteiger partial charge in [-0.2, -0.15) is 0 Å². The molecule has 1 N–H and O–H groups in total. The van der Waals surface area contributed by atoms with Gasteiger partial charge in [-0.25, -0.2) is 9.18 Å². The molecule has 0 spiro atoms. The number of anilines is 1. The summed E-state index contributed by atoms with van der Waals surface area (Å²) in [5.41, 5.74) is 1.15. The van der Waals surface area contributed by atoms with Gasteiger partial charge in [0.15, 0.2) is 0 Å². The van der Waals surface area contributed by atoms with Gasteiger partial charge in [-0.1, -0.05) is 0 Å². The number of rotatable bonds is 2. The summed E-state index contributed by atoms with van der Waals surface area (Å²) >= 11 is 0. The molecule has 76 valence electrons. The molecule has 1 aromatic rings. The highest BCUT2D eigenvalue weighted by molar-refractivity contribution is 5.84. The minimum Gasteiger partial charge on any atom is -0.450 e. The van der Waals surface area contributed by atoms with Gasteiger partial charge in [-0.15, -0.1) is 0 Å². The van der Waals surface area contributed by atoms with Gasteiger partial charge < -0.3 is 4.74 Å². The van der Waals surface area contributed by atoms with Crippen molar-refractivity contribution in [3.63, 3.8) is 0 Å². The van der Waals surface area contributed by atoms with E-state index in [1.807, 2.05) is 0 Å². The van der Waals surface area contributed by atoms with Gasteiger partial charge >= 0.3 is 6.09 Å². The molecule has 0 unspecified atom stereocenters. The van der Waals surface area contributed by atoms with Crippen LogP contribution in [0.1, 0.15) is 12.5 Å². The number of carbonyl (C=O) groups is 1. The number of carbonyl (C=O) groups excluding carboxylic acids is 1. The second-order valence-corrected chi connectivity index (χ2v) is 2.86. The summed E-state index contributed by atoms with van der Waals surface area (Å²) in [6.07, 6.45) is -0.572. The van der Waals surface area contributed by atoms with Gasteiger partial charge in [-0.05, 0) is 37.6 Å². The van der Waals surface area contributed by atoms with E-state index in [1.165, 1.54) is 12.1 Å². The van der Waals surface area contributed by atoms with Gasteiger partial charge in [0, 0.05) is 5.69 Å². The molecule has 0 aromatic heterocycles. The van der Waals surface area contributed by atoms with Crippen LogP contribution in [0.2, 0.25) is 0 Å². The van der Waals surface area contributed by atoms with Crippen LogP contribution in [-0.4, -0.2) is 12.7 Å². The Labute approximate surface area is 81.9 Å². The summed E-state index contributed by atoms with van der Waals surface area (Å²) in [5, 5.41) is 2.42. The van der Waals surface area contributed by atoms with Crippen LogP contribution in [0.25, 0.3) is 0 Å².